The molecule has 0 amide bonds. The van der Waals surface area contributed by atoms with E-state index in [2.05, 4.69) is 9.97 Å². The van der Waals surface area contributed by atoms with Crippen molar-refractivity contribution in [2.24, 2.45) is 5.92 Å². The lowest BCUT2D eigenvalue weighted by Gasteiger charge is -2.36. The van der Waals surface area contributed by atoms with Gasteiger partial charge in [0.2, 0.25) is 5.88 Å². The zero-order chi connectivity index (χ0) is 17.0. The van der Waals surface area contributed by atoms with Crippen LogP contribution in [0.3, 0.4) is 0 Å². The molecule has 0 unspecified atom stereocenters. The number of piperidine rings is 1. The Kier molecular flexibility index (Phi) is 5.65. The average molecular weight is 356 g/mol. The molecule has 8 nitrogen and oxygen atoms in total. The fourth-order valence-corrected chi connectivity index (χ4v) is 4.57. The Morgan fingerprint density at radius 2 is 1.83 bits per heavy atom. The summed E-state index contributed by atoms with van der Waals surface area (Å²) >= 11 is 0. The molecule has 0 bridgehead atoms. The summed E-state index contributed by atoms with van der Waals surface area (Å²) in [5, 5.41) is 0. The summed E-state index contributed by atoms with van der Waals surface area (Å²) in [5.74, 6) is 0.919. The second kappa shape index (κ2) is 7.73. The Balaban J connectivity index is 1.48. The molecule has 9 heteroatoms. The number of hydrogen-bond donors (Lipinski definition) is 0. The van der Waals surface area contributed by atoms with Crippen LogP contribution in [0, 0.1) is 12.8 Å². The molecule has 0 aromatic carbocycles. The van der Waals surface area contributed by atoms with Gasteiger partial charge in [0.1, 0.15) is 6.33 Å². The van der Waals surface area contributed by atoms with Crippen LogP contribution in [0.1, 0.15) is 18.5 Å². The van der Waals surface area contributed by atoms with Crippen LogP contribution in [0.15, 0.2) is 12.4 Å². The van der Waals surface area contributed by atoms with Crippen molar-refractivity contribution in [3.8, 4) is 5.88 Å². The van der Waals surface area contributed by atoms with Gasteiger partial charge in [0.15, 0.2) is 0 Å². The molecule has 2 aliphatic heterocycles. The van der Waals surface area contributed by atoms with Gasteiger partial charge in [0.05, 0.1) is 19.8 Å². The first-order valence-electron chi connectivity index (χ1n) is 8.30. The molecule has 1 aromatic rings. The van der Waals surface area contributed by atoms with Crippen molar-refractivity contribution in [2.45, 2.75) is 19.8 Å². The summed E-state index contributed by atoms with van der Waals surface area (Å²) in [7, 11) is -3.36. The molecule has 0 spiro atoms. The van der Waals surface area contributed by atoms with Gasteiger partial charge in [-0.25, -0.2) is 9.97 Å². The van der Waals surface area contributed by atoms with E-state index in [1.807, 2.05) is 6.92 Å². The van der Waals surface area contributed by atoms with Gasteiger partial charge in [0, 0.05) is 37.9 Å². The Labute approximate surface area is 143 Å². The van der Waals surface area contributed by atoms with Crippen molar-refractivity contribution >= 4 is 10.2 Å². The zero-order valence-corrected chi connectivity index (χ0v) is 14.7. The summed E-state index contributed by atoms with van der Waals surface area (Å²) in [6, 6.07) is 1.80. The molecule has 134 valence electrons. The van der Waals surface area contributed by atoms with Crippen LogP contribution in [0.4, 0.5) is 0 Å². The number of ether oxygens (including phenoxy) is 2. The van der Waals surface area contributed by atoms with Crippen LogP contribution in [-0.4, -0.2) is 73.0 Å². The summed E-state index contributed by atoms with van der Waals surface area (Å²) in [6.07, 6.45) is 3.09. The van der Waals surface area contributed by atoms with E-state index in [4.69, 9.17) is 9.47 Å². The van der Waals surface area contributed by atoms with E-state index in [9.17, 15) is 8.42 Å². The quantitative estimate of drug-likeness (QED) is 0.762. The Hall–Kier alpha value is -1.29. The van der Waals surface area contributed by atoms with E-state index < -0.39 is 10.2 Å². The second-order valence-corrected chi connectivity index (χ2v) is 8.10. The maximum absolute atomic E-state index is 12.6. The third kappa shape index (κ3) is 4.21. The van der Waals surface area contributed by atoms with Crippen molar-refractivity contribution in [3.05, 3.63) is 18.1 Å². The molecule has 24 heavy (non-hydrogen) atoms. The minimum absolute atomic E-state index is 0.344. The molecule has 0 atom stereocenters. The van der Waals surface area contributed by atoms with Crippen LogP contribution in [0.2, 0.25) is 0 Å². The fraction of sp³-hybridized carbons (Fsp3) is 0.733. The lowest BCUT2D eigenvalue weighted by atomic mass is 9.99. The number of aryl methyl sites for hydroxylation is 1. The predicted molar refractivity (Wildman–Crippen MR) is 87.9 cm³/mol. The predicted octanol–water partition coefficient (Wildman–Crippen LogP) is 0.453. The molecule has 1 aromatic heterocycles. The van der Waals surface area contributed by atoms with Gasteiger partial charge < -0.3 is 9.47 Å². The minimum Gasteiger partial charge on any atom is -0.477 e. The van der Waals surface area contributed by atoms with E-state index in [0.717, 1.165) is 18.5 Å². The van der Waals surface area contributed by atoms with Gasteiger partial charge in [-0.15, -0.1) is 0 Å². The first-order valence-corrected chi connectivity index (χ1v) is 9.70. The van der Waals surface area contributed by atoms with Crippen LogP contribution in [-0.2, 0) is 14.9 Å². The van der Waals surface area contributed by atoms with Gasteiger partial charge in [-0.1, -0.05) is 0 Å². The number of nitrogens with zero attached hydrogens (tertiary/aromatic N) is 4. The highest BCUT2D eigenvalue weighted by atomic mass is 32.2. The highest BCUT2D eigenvalue weighted by molar-refractivity contribution is 7.86. The zero-order valence-electron chi connectivity index (χ0n) is 13.9. The summed E-state index contributed by atoms with van der Waals surface area (Å²) in [5.41, 5.74) is 0.867. The van der Waals surface area contributed by atoms with E-state index in [1.54, 1.807) is 10.4 Å². The normalized spacial score (nSPS) is 21.7. The average Bonchev–Trinajstić information content (AvgIpc) is 2.61. The summed E-state index contributed by atoms with van der Waals surface area (Å²) in [4.78, 5) is 8.12. The molecular weight excluding hydrogens is 332 g/mol. The lowest BCUT2D eigenvalue weighted by Crippen LogP contribution is -2.51. The highest BCUT2D eigenvalue weighted by Gasteiger charge is 2.33. The maximum Gasteiger partial charge on any atom is 0.282 e. The summed E-state index contributed by atoms with van der Waals surface area (Å²) in [6.45, 7) is 5.36. The monoisotopic (exact) mass is 356 g/mol. The smallest absolute Gasteiger partial charge is 0.282 e. The molecule has 2 saturated heterocycles. The maximum atomic E-state index is 12.6. The standard InChI is InChI=1S/C15H24N4O4S/c1-13-10-15(17-12-16-13)23-11-14-2-4-18(5-3-14)24(20,21)19-6-8-22-9-7-19/h10,12,14H,2-9,11H2,1H3. The van der Waals surface area contributed by atoms with Crippen molar-refractivity contribution in [2.75, 3.05) is 46.0 Å². The van der Waals surface area contributed by atoms with Crippen molar-refractivity contribution in [1.29, 1.82) is 0 Å². The number of aromatic nitrogens is 2. The van der Waals surface area contributed by atoms with E-state index in [1.165, 1.54) is 10.6 Å². The largest absolute Gasteiger partial charge is 0.477 e. The molecule has 0 saturated carbocycles. The van der Waals surface area contributed by atoms with Gasteiger partial charge in [-0.3, -0.25) is 0 Å². The minimum atomic E-state index is -3.36. The Bertz CT molecular complexity index is 641. The van der Waals surface area contributed by atoms with Crippen LogP contribution in [0.5, 0.6) is 5.88 Å². The van der Waals surface area contributed by atoms with Gasteiger partial charge in [-0.05, 0) is 25.7 Å². The molecule has 2 aliphatic rings. The first-order chi connectivity index (χ1) is 11.6. The molecular formula is C15H24N4O4S. The van der Waals surface area contributed by atoms with Crippen molar-refractivity contribution in [1.82, 2.24) is 18.6 Å². The Morgan fingerprint density at radius 1 is 1.17 bits per heavy atom. The lowest BCUT2D eigenvalue weighted by molar-refractivity contribution is 0.0689. The number of hydrogen-bond acceptors (Lipinski definition) is 6. The van der Waals surface area contributed by atoms with Crippen LogP contribution >= 0.6 is 0 Å². The SMILES string of the molecule is Cc1cc(OCC2CCN(S(=O)(=O)N3CCOCC3)CC2)ncn1. The molecule has 0 aliphatic carbocycles. The topological polar surface area (TPSA) is 84.9 Å². The van der Waals surface area contributed by atoms with Crippen molar-refractivity contribution < 1.29 is 17.9 Å². The molecule has 3 heterocycles. The molecule has 2 fully saturated rings. The van der Waals surface area contributed by atoms with Crippen LogP contribution < -0.4 is 4.74 Å². The van der Waals surface area contributed by atoms with Gasteiger partial charge in [-0.2, -0.15) is 17.0 Å². The highest BCUT2D eigenvalue weighted by Crippen LogP contribution is 2.22. The second-order valence-electron chi connectivity index (χ2n) is 6.17. The first kappa shape index (κ1) is 17.5. The van der Waals surface area contributed by atoms with Gasteiger partial charge in [0.25, 0.3) is 10.2 Å². The van der Waals surface area contributed by atoms with E-state index in [-0.39, 0.29) is 0 Å². The van der Waals surface area contributed by atoms with Gasteiger partial charge >= 0.3 is 0 Å². The van der Waals surface area contributed by atoms with E-state index in [0.29, 0.717) is 57.8 Å². The third-order valence-corrected chi connectivity index (χ3v) is 6.48. The fourth-order valence-electron chi connectivity index (χ4n) is 2.96. The van der Waals surface area contributed by atoms with E-state index >= 15 is 0 Å². The summed E-state index contributed by atoms with van der Waals surface area (Å²) < 4.78 is 39.3. The third-order valence-electron chi connectivity index (χ3n) is 4.44. The molecule has 0 radical (unpaired) electrons. The Morgan fingerprint density at radius 3 is 2.50 bits per heavy atom. The molecule has 0 N–H and O–H groups in total. The van der Waals surface area contributed by atoms with Crippen LogP contribution in [0.25, 0.3) is 0 Å². The molecule has 3 rings (SSSR count). The number of rotatable bonds is 5. The van der Waals surface area contributed by atoms with Crippen molar-refractivity contribution in [3.63, 3.8) is 0 Å². The number of morpholine rings is 1.